The van der Waals surface area contributed by atoms with Gasteiger partial charge < -0.3 is 15.6 Å². The molecule has 22 heavy (non-hydrogen) atoms. The van der Waals surface area contributed by atoms with Crippen LogP contribution in [0.5, 0.6) is 5.75 Å². The fourth-order valence-electron chi connectivity index (χ4n) is 2.21. The molecule has 0 radical (unpaired) electrons. The highest BCUT2D eigenvalue weighted by Gasteiger charge is 2.17. The summed E-state index contributed by atoms with van der Waals surface area (Å²) >= 11 is 0. The van der Waals surface area contributed by atoms with Crippen LogP contribution in [0, 0.1) is 5.82 Å². The predicted octanol–water partition coefficient (Wildman–Crippen LogP) is 1.82. The summed E-state index contributed by atoms with van der Waals surface area (Å²) in [6.45, 7) is 0. The number of fused-ring (bicyclic) bond motifs is 1. The molecule has 3 aromatic rings. The standard InChI is InChI=1S/C14H11FN4O3/c1-22-11-3-2-8(15)5-9(11)7-4-10(13(20)21)12-17-14(16)18-19(12)6-7/h2-6H,1H3,(H2,16,18)(H,20,21). The lowest BCUT2D eigenvalue weighted by molar-refractivity contribution is 0.0698. The van der Waals surface area contributed by atoms with Crippen molar-refractivity contribution in [2.75, 3.05) is 12.8 Å². The van der Waals surface area contributed by atoms with Crippen LogP contribution in [0.15, 0.2) is 30.5 Å². The van der Waals surface area contributed by atoms with Crippen LogP contribution in [0.4, 0.5) is 10.3 Å². The minimum atomic E-state index is -1.19. The molecule has 0 spiro atoms. The van der Waals surface area contributed by atoms with Crippen LogP contribution in [-0.4, -0.2) is 32.8 Å². The average Bonchev–Trinajstić information content (AvgIpc) is 2.85. The maximum Gasteiger partial charge on any atom is 0.339 e. The molecule has 0 bridgehead atoms. The number of anilines is 1. The van der Waals surface area contributed by atoms with E-state index in [2.05, 4.69) is 10.1 Å². The van der Waals surface area contributed by atoms with Gasteiger partial charge in [-0.05, 0) is 24.3 Å². The van der Waals surface area contributed by atoms with Gasteiger partial charge >= 0.3 is 5.97 Å². The minimum Gasteiger partial charge on any atom is -0.496 e. The molecule has 2 aromatic heterocycles. The number of hydrogen-bond donors (Lipinski definition) is 2. The number of benzene rings is 1. The van der Waals surface area contributed by atoms with Gasteiger partial charge in [0.25, 0.3) is 0 Å². The molecule has 0 saturated heterocycles. The Kier molecular flexibility index (Phi) is 3.13. The molecule has 2 heterocycles. The number of rotatable bonds is 3. The number of carbonyl (C=O) groups is 1. The van der Waals surface area contributed by atoms with E-state index >= 15 is 0 Å². The summed E-state index contributed by atoms with van der Waals surface area (Å²) in [7, 11) is 1.45. The molecule has 0 unspecified atom stereocenters. The highest BCUT2D eigenvalue weighted by atomic mass is 19.1. The first-order chi connectivity index (χ1) is 10.5. The number of methoxy groups -OCH3 is 1. The topological polar surface area (TPSA) is 103 Å². The number of nitrogen functional groups attached to an aromatic ring is 1. The minimum absolute atomic E-state index is 0.0501. The third kappa shape index (κ3) is 2.20. The van der Waals surface area contributed by atoms with Crippen LogP contribution in [0.25, 0.3) is 16.8 Å². The SMILES string of the molecule is COc1ccc(F)cc1-c1cc(C(=O)O)c2nc(N)nn2c1. The Balaban J connectivity index is 2.32. The number of carboxylic acid groups (broad SMARTS) is 1. The van der Waals surface area contributed by atoms with Gasteiger partial charge in [-0.25, -0.2) is 13.7 Å². The number of nitrogens with two attached hydrogens (primary N) is 1. The van der Waals surface area contributed by atoms with E-state index in [0.29, 0.717) is 16.9 Å². The average molecular weight is 302 g/mol. The van der Waals surface area contributed by atoms with E-state index in [-0.39, 0.29) is 17.2 Å². The second-order valence-corrected chi connectivity index (χ2v) is 4.53. The number of nitrogens with zero attached hydrogens (tertiary/aromatic N) is 3. The predicted molar refractivity (Wildman–Crippen MR) is 76.3 cm³/mol. The number of ether oxygens (including phenoxy) is 1. The van der Waals surface area contributed by atoms with Crippen LogP contribution in [0.3, 0.4) is 0 Å². The van der Waals surface area contributed by atoms with Crippen molar-refractivity contribution in [3.8, 4) is 16.9 Å². The smallest absolute Gasteiger partial charge is 0.339 e. The van der Waals surface area contributed by atoms with Gasteiger partial charge in [-0.1, -0.05) is 0 Å². The number of carboxylic acids is 1. The quantitative estimate of drug-likeness (QED) is 0.765. The molecule has 0 amide bonds. The molecule has 0 aliphatic carbocycles. The lowest BCUT2D eigenvalue weighted by Gasteiger charge is -2.10. The number of hydrogen-bond acceptors (Lipinski definition) is 5. The summed E-state index contributed by atoms with van der Waals surface area (Å²) in [5.41, 5.74) is 6.36. The first-order valence-electron chi connectivity index (χ1n) is 6.22. The van der Waals surface area contributed by atoms with E-state index in [1.807, 2.05) is 0 Å². The van der Waals surface area contributed by atoms with Crippen molar-refractivity contribution in [1.82, 2.24) is 14.6 Å². The van der Waals surface area contributed by atoms with E-state index in [4.69, 9.17) is 10.5 Å². The molecule has 112 valence electrons. The fraction of sp³-hybridized carbons (Fsp3) is 0.0714. The maximum absolute atomic E-state index is 13.5. The molecule has 0 aliphatic rings. The zero-order valence-electron chi connectivity index (χ0n) is 11.4. The molecule has 3 rings (SSSR count). The lowest BCUT2D eigenvalue weighted by Crippen LogP contribution is -2.03. The third-order valence-corrected chi connectivity index (χ3v) is 3.15. The molecule has 3 N–H and O–H groups in total. The number of aromatic nitrogens is 3. The molecule has 0 aliphatic heterocycles. The van der Waals surface area contributed by atoms with E-state index in [1.165, 1.54) is 42.1 Å². The number of pyridine rings is 1. The van der Waals surface area contributed by atoms with Crippen LogP contribution < -0.4 is 10.5 Å². The van der Waals surface area contributed by atoms with Crippen molar-refractivity contribution in [3.63, 3.8) is 0 Å². The van der Waals surface area contributed by atoms with Crippen LogP contribution >= 0.6 is 0 Å². The second kappa shape index (κ2) is 4.99. The van der Waals surface area contributed by atoms with Gasteiger partial charge in [0, 0.05) is 17.3 Å². The third-order valence-electron chi connectivity index (χ3n) is 3.15. The van der Waals surface area contributed by atoms with Crippen molar-refractivity contribution < 1.29 is 19.0 Å². The van der Waals surface area contributed by atoms with E-state index in [0.717, 1.165) is 0 Å². The Morgan fingerprint density at radius 2 is 2.18 bits per heavy atom. The van der Waals surface area contributed by atoms with E-state index in [1.54, 1.807) is 0 Å². The Morgan fingerprint density at radius 3 is 2.86 bits per heavy atom. The van der Waals surface area contributed by atoms with E-state index in [9.17, 15) is 14.3 Å². The van der Waals surface area contributed by atoms with Gasteiger partial charge in [0.15, 0.2) is 5.65 Å². The van der Waals surface area contributed by atoms with Gasteiger partial charge in [0.1, 0.15) is 17.1 Å². The first kappa shape index (κ1) is 13.8. The largest absolute Gasteiger partial charge is 0.496 e. The fourth-order valence-corrected chi connectivity index (χ4v) is 2.21. The summed E-state index contributed by atoms with van der Waals surface area (Å²) in [5.74, 6) is -1.29. The van der Waals surface area contributed by atoms with Gasteiger partial charge in [0.05, 0.1) is 7.11 Å². The second-order valence-electron chi connectivity index (χ2n) is 4.53. The molecule has 1 aromatic carbocycles. The highest BCUT2D eigenvalue weighted by molar-refractivity contribution is 5.96. The monoisotopic (exact) mass is 302 g/mol. The molecular weight excluding hydrogens is 291 g/mol. The number of halogens is 1. The molecule has 0 atom stereocenters. The Hall–Kier alpha value is -3.16. The molecule has 7 nitrogen and oxygen atoms in total. The maximum atomic E-state index is 13.5. The van der Waals surface area contributed by atoms with Gasteiger partial charge in [0.2, 0.25) is 5.95 Å². The molecule has 0 saturated carbocycles. The zero-order chi connectivity index (χ0) is 15.9. The van der Waals surface area contributed by atoms with Crippen molar-refractivity contribution in [2.45, 2.75) is 0 Å². The summed E-state index contributed by atoms with van der Waals surface area (Å²) in [4.78, 5) is 15.3. The first-order valence-corrected chi connectivity index (χ1v) is 6.22. The van der Waals surface area contributed by atoms with Gasteiger partial charge in [-0.2, -0.15) is 4.98 Å². The van der Waals surface area contributed by atoms with Crippen molar-refractivity contribution >= 4 is 17.6 Å². The van der Waals surface area contributed by atoms with Crippen LogP contribution in [-0.2, 0) is 0 Å². The van der Waals surface area contributed by atoms with Crippen molar-refractivity contribution in [2.24, 2.45) is 0 Å². The zero-order valence-corrected chi connectivity index (χ0v) is 11.4. The normalized spacial score (nSPS) is 10.8. The summed E-state index contributed by atoms with van der Waals surface area (Å²) in [5, 5.41) is 13.2. The van der Waals surface area contributed by atoms with Crippen molar-refractivity contribution in [3.05, 3.63) is 41.8 Å². The van der Waals surface area contributed by atoms with Crippen LogP contribution in [0.2, 0.25) is 0 Å². The number of aromatic carboxylic acids is 1. The van der Waals surface area contributed by atoms with Gasteiger partial charge in [-0.3, -0.25) is 0 Å². The molecule has 0 fully saturated rings. The summed E-state index contributed by atoms with van der Waals surface area (Å²) in [6.07, 6.45) is 1.52. The Labute approximate surface area is 123 Å². The summed E-state index contributed by atoms with van der Waals surface area (Å²) in [6, 6.07) is 5.35. The summed E-state index contributed by atoms with van der Waals surface area (Å²) < 4.78 is 20.0. The van der Waals surface area contributed by atoms with E-state index < -0.39 is 11.8 Å². The lowest BCUT2D eigenvalue weighted by atomic mass is 10.0. The van der Waals surface area contributed by atoms with Crippen molar-refractivity contribution in [1.29, 1.82) is 0 Å². The highest BCUT2D eigenvalue weighted by Crippen LogP contribution is 2.31. The molecular formula is C14H11FN4O3. The van der Waals surface area contributed by atoms with Gasteiger partial charge in [-0.15, -0.1) is 5.10 Å². The Morgan fingerprint density at radius 1 is 1.41 bits per heavy atom. The Bertz CT molecular complexity index is 891. The molecule has 8 heteroatoms. The van der Waals surface area contributed by atoms with Crippen LogP contribution in [0.1, 0.15) is 10.4 Å².